The van der Waals surface area contributed by atoms with Gasteiger partial charge in [-0.3, -0.25) is 0 Å². The molecule has 160 valence electrons. The van der Waals surface area contributed by atoms with E-state index in [0.29, 0.717) is 32.0 Å². The summed E-state index contributed by atoms with van der Waals surface area (Å²) >= 11 is 0. The van der Waals surface area contributed by atoms with Crippen LogP contribution in [0.1, 0.15) is 36.7 Å². The molecule has 0 saturated carbocycles. The number of amides is 1. The van der Waals surface area contributed by atoms with Gasteiger partial charge in [-0.05, 0) is 32.4 Å². The molecular formula is C22H28N4O4. The summed E-state index contributed by atoms with van der Waals surface area (Å²) in [6.07, 6.45) is 1.21. The highest BCUT2D eigenvalue weighted by atomic mass is 16.6. The maximum absolute atomic E-state index is 12.5. The number of hydrogen-bond donors (Lipinski definition) is 1. The van der Waals surface area contributed by atoms with Gasteiger partial charge in [-0.25, -0.2) is 14.6 Å². The van der Waals surface area contributed by atoms with Crippen LogP contribution in [0.4, 0.5) is 16.3 Å². The van der Waals surface area contributed by atoms with Crippen molar-refractivity contribution in [1.29, 1.82) is 0 Å². The van der Waals surface area contributed by atoms with Crippen LogP contribution in [0.15, 0.2) is 42.6 Å². The second-order valence-electron chi connectivity index (χ2n) is 8.11. The molecule has 30 heavy (non-hydrogen) atoms. The molecule has 1 aromatic carbocycles. The average molecular weight is 412 g/mol. The fourth-order valence-electron chi connectivity index (χ4n) is 3.12. The number of nitrogens with two attached hydrogens (primary N) is 1. The Morgan fingerprint density at radius 3 is 2.37 bits per heavy atom. The maximum Gasteiger partial charge on any atom is 0.410 e. The highest BCUT2D eigenvalue weighted by Crippen LogP contribution is 2.26. The van der Waals surface area contributed by atoms with Gasteiger partial charge in [0.05, 0.1) is 11.3 Å². The summed E-state index contributed by atoms with van der Waals surface area (Å²) < 4.78 is 10.8. The summed E-state index contributed by atoms with van der Waals surface area (Å²) in [5.41, 5.74) is 7.18. The number of nitrogen functional groups attached to an aromatic ring is 1. The average Bonchev–Trinajstić information content (AvgIpc) is 2.72. The van der Waals surface area contributed by atoms with Crippen LogP contribution in [-0.4, -0.2) is 53.7 Å². The third kappa shape index (κ3) is 5.40. The second kappa shape index (κ2) is 9.02. The molecule has 2 N–H and O–H groups in total. The van der Waals surface area contributed by atoms with Crippen LogP contribution in [-0.2, 0) is 16.1 Å². The summed E-state index contributed by atoms with van der Waals surface area (Å²) in [6.45, 7) is 7.75. The lowest BCUT2D eigenvalue weighted by molar-refractivity contribution is 0.0240. The Balaban J connectivity index is 1.62. The predicted molar refractivity (Wildman–Crippen MR) is 114 cm³/mol. The van der Waals surface area contributed by atoms with Crippen molar-refractivity contribution in [2.24, 2.45) is 0 Å². The monoisotopic (exact) mass is 412 g/mol. The first kappa shape index (κ1) is 21.4. The van der Waals surface area contributed by atoms with Gasteiger partial charge >= 0.3 is 12.1 Å². The first-order chi connectivity index (χ1) is 14.2. The molecule has 0 unspecified atom stereocenters. The molecule has 2 heterocycles. The quantitative estimate of drug-likeness (QED) is 0.771. The van der Waals surface area contributed by atoms with Crippen molar-refractivity contribution in [2.45, 2.75) is 33.0 Å². The largest absolute Gasteiger partial charge is 0.457 e. The molecule has 0 radical (unpaired) electrons. The van der Waals surface area contributed by atoms with Crippen LogP contribution in [0.25, 0.3) is 0 Å². The van der Waals surface area contributed by atoms with Crippen molar-refractivity contribution < 1.29 is 19.1 Å². The number of ether oxygens (including phenoxy) is 2. The molecule has 3 rings (SSSR count). The van der Waals surface area contributed by atoms with Crippen LogP contribution in [0.5, 0.6) is 0 Å². The van der Waals surface area contributed by atoms with E-state index in [1.807, 2.05) is 56.0 Å². The van der Waals surface area contributed by atoms with Gasteiger partial charge < -0.3 is 25.0 Å². The van der Waals surface area contributed by atoms with E-state index in [4.69, 9.17) is 15.2 Å². The highest BCUT2D eigenvalue weighted by molar-refractivity contribution is 5.97. The smallest absolute Gasteiger partial charge is 0.410 e. The minimum Gasteiger partial charge on any atom is -0.457 e. The van der Waals surface area contributed by atoms with E-state index in [2.05, 4.69) is 4.98 Å². The van der Waals surface area contributed by atoms with E-state index < -0.39 is 11.6 Å². The summed E-state index contributed by atoms with van der Waals surface area (Å²) in [7, 11) is 0. The maximum atomic E-state index is 12.5. The zero-order chi connectivity index (χ0) is 21.7. The molecule has 1 aliphatic rings. The number of esters is 1. The number of anilines is 2. The molecule has 1 amide bonds. The standard InChI is InChI=1S/C22H28N4O4/c1-22(2,3)30-21(28)26-13-11-25(12-14-26)19-18(23)17(9-10-24-19)20(27)29-15-16-7-5-4-6-8-16/h4-10H,11-15,23H2,1-3H3. The van der Waals surface area contributed by atoms with E-state index in [0.717, 1.165) is 5.56 Å². The van der Waals surface area contributed by atoms with Crippen molar-refractivity contribution in [3.05, 3.63) is 53.7 Å². The number of hydrogen-bond acceptors (Lipinski definition) is 7. The molecule has 0 atom stereocenters. The molecule has 0 bridgehead atoms. The molecule has 1 aliphatic heterocycles. The van der Waals surface area contributed by atoms with E-state index in [9.17, 15) is 9.59 Å². The van der Waals surface area contributed by atoms with Gasteiger partial charge in [0.15, 0.2) is 5.82 Å². The van der Waals surface area contributed by atoms with Gasteiger partial charge in [-0.1, -0.05) is 30.3 Å². The molecule has 2 aromatic rings. The first-order valence-electron chi connectivity index (χ1n) is 9.93. The van der Waals surface area contributed by atoms with Crippen LogP contribution in [0, 0.1) is 0 Å². The van der Waals surface area contributed by atoms with Crippen LogP contribution >= 0.6 is 0 Å². The summed E-state index contributed by atoms with van der Waals surface area (Å²) in [5.74, 6) is 0.0281. The zero-order valence-corrected chi connectivity index (χ0v) is 17.6. The summed E-state index contributed by atoms with van der Waals surface area (Å²) in [6, 6.07) is 11.0. The number of rotatable bonds is 4. The Kier molecular flexibility index (Phi) is 6.44. The van der Waals surface area contributed by atoms with E-state index in [1.54, 1.807) is 17.2 Å². The van der Waals surface area contributed by atoms with Gasteiger partial charge in [-0.15, -0.1) is 0 Å². The summed E-state index contributed by atoms with van der Waals surface area (Å²) in [5, 5.41) is 0. The van der Waals surface area contributed by atoms with Crippen molar-refractivity contribution in [3.8, 4) is 0 Å². The van der Waals surface area contributed by atoms with Crippen molar-refractivity contribution >= 4 is 23.6 Å². The number of benzene rings is 1. The Labute approximate surface area is 176 Å². The third-order valence-electron chi connectivity index (χ3n) is 4.63. The van der Waals surface area contributed by atoms with Crippen molar-refractivity contribution in [1.82, 2.24) is 9.88 Å². The number of aromatic nitrogens is 1. The van der Waals surface area contributed by atoms with Crippen LogP contribution in [0.2, 0.25) is 0 Å². The molecular weight excluding hydrogens is 384 g/mol. The number of pyridine rings is 1. The van der Waals surface area contributed by atoms with E-state index in [-0.39, 0.29) is 24.0 Å². The first-order valence-corrected chi connectivity index (χ1v) is 9.93. The lowest BCUT2D eigenvalue weighted by Gasteiger charge is -2.36. The van der Waals surface area contributed by atoms with E-state index >= 15 is 0 Å². The van der Waals surface area contributed by atoms with Crippen molar-refractivity contribution in [3.63, 3.8) is 0 Å². The van der Waals surface area contributed by atoms with Crippen molar-refractivity contribution in [2.75, 3.05) is 36.8 Å². The molecule has 0 spiro atoms. The van der Waals surface area contributed by atoms with Crippen LogP contribution < -0.4 is 10.6 Å². The number of carbonyl (C=O) groups excluding carboxylic acids is 2. The lowest BCUT2D eigenvalue weighted by atomic mass is 10.2. The Morgan fingerprint density at radius 1 is 1.07 bits per heavy atom. The second-order valence-corrected chi connectivity index (χ2v) is 8.11. The normalized spacial score (nSPS) is 14.4. The number of piperazine rings is 1. The Hall–Kier alpha value is -3.29. The van der Waals surface area contributed by atoms with Gasteiger partial charge in [0.25, 0.3) is 0 Å². The van der Waals surface area contributed by atoms with Gasteiger partial charge in [0.2, 0.25) is 0 Å². The molecule has 8 heteroatoms. The fourth-order valence-corrected chi connectivity index (χ4v) is 3.12. The third-order valence-corrected chi connectivity index (χ3v) is 4.63. The minimum atomic E-state index is -0.533. The minimum absolute atomic E-state index is 0.172. The fraction of sp³-hybridized carbons (Fsp3) is 0.409. The zero-order valence-electron chi connectivity index (χ0n) is 17.6. The lowest BCUT2D eigenvalue weighted by Crippen LogP contribution is -2.50. The number of carbonyl (C=O) groups is 2. The molecule has 0 aliphatic carbocycles. The van der Waals surface area contributed by atoms with Crippen LogP contribution in [0.3, 0.4) is 0 Å². The predicted octanol–water partition coefficient (Wildman–Crippen LogP) is 3.08. The number of nitrogens with zero attached hydrogens (tertiary/aromatic N) is 3. The molecule has 1 aromatic heterocycles. The van der Waals surface area contributed by atoms with Gasteiger partial charge in [0.1, 0.15) is 12.2 Å². The van der Waals surface area contributed by atoms with Gasteiger partial charge in [0, 0.05) is 32.4 Å². The Morgan fingerprint density at radius 2 is 1.73 bits per heavy atom. The summed E-state index contributed by atoms with van der Waals surface area (Å²) in [4.78, 5) is 32.7. The van der Waals surface area contributed by atoms with E-state index in [1.165, 1.54) is 0 Å². The topological polar surface area (TPSA) is 98.0 Å². The molecule has 8 nitrogen and oxygen atoms in total. The SMILES string of the molecule is CC(C)(C)OC(=O)N1CCN(c2nccc(C(=O)OCc3ccccc3)c2N)CC1. The molecule has 1 saturated heterocycles. The highest BCUT2D eigenvalue weighted by Gasteiger charge is 2.28. The molecule has 1 fully saturated rings. The Bertz CT molecular complexity index is 888. The van der Waals surface area contributed by atoms with Gasteiger partial charge in [-0.2, -0.15) is 0 Å².